The summed E-state index contributed by atoms with van der Waals surface area (Å²) >= 11 is 0. The van der Waals surface area contributed by atoms with E-state index >= 15 is 0 Å². The van der Waals surface area contributed by atoms with Gasteiger partial charge in [0.25, 0.3) is 5.91 Å². The number of ether oxygens (including phenoxy) is 1. The van der Waals surface area contributed by atoms with Crippen molar-refractivity contribution in [2.75, 3.05) is 19.7 Å². The lowest BCUT2D eigenvalue weighted by Crippen LogP contribution is -2.45. The number of carboxylic acid groups (broad SMARTS) is 1. The summed E-state index contributed by atoms with van der Waals surface area (Å²) in [6.45, 7) is 2.85. The van der Waals surface area contributed by atoms with Crippen molar-refractivity contribution >= 4 is 11.9 Å². The topological polar surface area (TPSA) is 69.7 Å². The molecule has 0 bridgehead atoms. The van der Waals surface area contributed by atoms with Crippen LogP contribution in [-0.4, -0.2) is 36.5 Å². The van der Waals surface area contributed by atoms with Crippen LogP contribution in [0.4, 0.5) is 0 Å². The summed E-state index contributed by atoms with van der Waals surface area (Å²) in [6, 6.07) is 7.51. The predicted octanol–water partition coefficient (Wildman–Crippen LogP) is 0.362. The van der Waals surface area contributed by atoms with Crippen molar-refractivity contribution in [2.24, 2.45) is 5.92 Å². The molecule has 108 valence electrons. The number of carbonyl (C=O) groups excluding carboxylic acids is 2. The van der Waals surface area contributed by atoms with E-state index < -0.39 is 11.9 Å². The van der Waals surface area contributed by atoms with E-state index in [4.69, 9.17) is 4.74 Å². The number of nitrogens with zero attached hydrogens (tertiary/aromatic N) is 1. The number of carbonyl (C=O) groups is 2. The number of benzene rings is 1. The molecule has 1 aliphatic rings. The third-order valence-electron chi connectivity index (χ3n) is 3.53. The summed E-state index contributed by atoms with van der Waals surface area (Å²) < 4.78 is 5.46. The van der Waals surface area contributed by atoms with E-state index in [1.54, 1.807) is 4.90 Å². The van der Waals surface area contributed by atoms with Crippen LogP contribution in [0, 0.1) is 12.8 Å². The Kier molecular flexibility index (Phi) is 4.61. The second-order valence-corrected chi connectivity index (χ2v) is 5.08. The average Bonchev–Trinajstić information content (AvgIpc) is 2.45. The van der Waals surface area contributed by atoms with E-state index in [0.717, 1.165) is 5.56 Å². The molecule has 0 spiro atoms. The average molecular weight is 276 g/mol. The zero-order valence-electron chi connectivity index (χ0n) is 11.5. The molecule has 0 aromatic heterocycles. The van der Waals surface area contributed by atoms with Crippen molar-refractivity contribution in [3.63, 3.8) is 0 Å². The maximum Gasteiger partial charge on any atom is 0.260 e. The third kappa shape index (κ3) is 3.73. The van der Waals surface area contributed by atoms with Gasteiger partial charge in [0.15, 0.2) is 6.61 Å². The molecule has 1 aliphatic heterocycles. The molecule has 1 fully saturated rings. The fourth-order valence-electron chi connectivity index (χ4n) is 2.31. The summed E-state index contributed by atoms with van der Waals surface area (Å²) in [6.07, 6.45) is 0.914. The molecule has 5 nitrogen and oxygen atoms in total. The molecule has 0 unspecified atom stereocenters. The van der Waals surface area contributed by atoms with Gasteiger partial charge in [-0.2, -0.15) is 0 Å². The number of rotatable bonds is 4. The quantitative estimate of drug-likeness (QED) is 0.796. The zero-order chi connectivity index (χ0) is 14.5. The highest BCUT2D eigenvalue weighted by Gasteiger charge is 2.23. The Morgan fingerprint density at radius 1 is 1.35 bits per heavy atom. The van der Waals surface area contributed by atoms with Crippen molar-refractivity contribution in [3.8, 4) is 5.75 Å². The lowest BCUT2D eigenvalue weighted by atomic mass is 9.97. The van der Waals surface area contributed by atoms with E-state index in [-0.39, 0.29) is 12.5 Å². The lowest BCUT2D eigenvalue weighted by Gasteiger charge is -2.32. The Hall–Kier alpha value is -2.04. The first-order valence-electron chi connectivity index (χ1n) is 6.74. The smallest absolute Gasteiger partial charge is 0.260 e. The van der Waals surface area contributed by atoms with Gasteiger partial charge in [-0.3, -0.25) is 4.79 Å². The molecule has 5 heteroatoms. The molecule has 1 aromatic carbocycles. The number of carboxylic acids is 1. The van der Waals surface area contributed by atoms with Crippen molar-refractivity contribution in [1.29, 1.82) is 0 Å². The minimum atomic E-state index is -1.02. The molecular weight excluding hydrogens is 258 g/mol. The summed E-state index contributed by atoms with van der Waals surface area (Å²) in [4.78, 5) is 24.4. The van der Waals surface area contributed by atoms with E-state index in [1.807, 2.05) is 31.2 Å². The van der Waals surface area contributed by atoms with Crippen LogP contribution in [0.15, 0.2) is 24.3 Å². The van der Waals surface area contributed by atoms with Gasteiger partial charge >= 0.3 is 0 Å². The normalized spacial score (nSPS) is 15.9. The largest absolute Gasteiger partial charge is 0.550 e. The van der Waals surface area contributed by atoms with Crippen LogP contribution in [0.5, 0.6) is 5.75 Å². The molecule has 0 N–H and O–H groups in total. The lowest BCUT2D eigenvalue weighted by molar-refractivity contribution is -0.312. The molecule has 0 aliphatic carbocycles. The number of aryl methyl sites for hydroxylation is 1. The van der Waals surface area contributed by atoms with Gasteiger partial charge in [0.1, 0.15) is 5.75 Å². The Labute approximate surface area is 118 Å². The molecule has 0 atom stereocenters. The molecule has 1 heterocycles. The molecule has 20 heavy (non-hydrogen) atoms. The van der Waals surface area contributed by atoms with Gasteiger partial charge in [-0.05, 0) is 37.5 Å². The number of hydrogen-bond donors (Lipinski definition) is 0. The second kappa shape index (κ2) is 6.41. The van der Waals surface area contributed by atoms with Crippen molar-refractivity contribution < 1.29 is 19.4 Å². The minimum absolute atomic E-state index is 0.0144. The van der Waals surface area contributed by atoms with Gasteiger partial charge in [0, 0.05) is 25.0 Å². The highest BCUT2D eigenvalue weighted by atomic mass is 16.5. The van der Waals surface area contributed by atoms with Gasteiger partial charge in [0.2, 0.25) is 0 Å². The van der Waals surface area contributed by atoms with Crippen LogP contribution in [0.1, 0.15) is 18.4 Å². The van der Waals surface area contributed by atoms with E-state index in [0.29, 0.717) is 31.7 Å². The highest BCUT2D eigenvalue weighted by molar-refractivity contribution is 5.78. The minimum Gasteiger partial charge on any atom is -0.550 e. The molecule has 1 aromatic rings. The maximum atomic E-state index is 12.0. The maximum absolute atomic E-state index is 12.0. The SMILES string of the molecule is Cc1cccc(OCC(=O)N2CCC(C(=O)[O-])CC2)c1. The molecule has 1 amide bonds. The van der Waals surface area contributed by atoms with Crippen molar-refractivity contribution in [3.05, 3.63) is 29.8 Å². The van der Waals surface area contributed by atoms with Gasteiger partial charge in [-0.1, -0.05) is 12.1 Å². The number of piperidine rings is 1. The van der Waals surface area contributed by atoms with E-state index in [1.165, 1.54) is 0 Å². The van der Waals surface area contributed by atoms with E-state index in [2.05, 4.69) is 0 Å². The Bertz CT molecular complexity index is 492. The van der Waals surface area contributed by atoms with Crippen molar-refractivity contribution in [2.45, 2.75) is 19.8 Å². The summed E-state index contributed by atoms with van der Waals surface area (Å²) in [5, 5.41) is 10.7. The first kappa shape index (κ1) is 14.4. The van der Waals surface area contributed by atoms with Crippen LogP contribution in [0.2, 0.25) is 0 Å². The standard InChI is InChI=1S/C15H19NO4/c1-11-3-2-4-13(9-11)20-10-14(17)16-7-5-12(6-8-16)15(18)19/h2-4,9,12H,5-8,10H2,1H3,(H,18,19)/p-1. The summed E-state index contributed by atoms with van der Waals surface area (Å²) in [5.41, 5.74) is 1.07. The zero-order valence-corrected chi connectivity index (χ0v) is 11.5. The Balaban J connectivity index is 1.80. The molecule has 0 saturated carbocycles. The molecule has 2 rings (SSSR count). The van der Waals surface area contributed by atoms with Crippen molar-refractivity contribution in [1.82, 2.24) is 4.90 Å². The van der Waals surface area contributed by atoms with Crippen LogP contribution in [0.25, 0.3) is 0 Å². The van der Waals surface area contributed by atoms with Gasteiger partial charge in [-0.25, -0.2) is 0 Å². The predicted molar refractivity (Wildman–Crippen MR) is 71.0 cm³/mol. The monoisotopic (exact) mass is 276 g/mol. The Morgan fingerprint density at radius 3 is 2.65 bits per heavy atom. The van der Waals surface area contributed by atoms with Crippen LogP contribution >= 0.6 is 0 Å². The molecule has 0 radical (unpaired) electrons. The third-order valence-corrected chi connectivity index (χ3v) is 3.53. The number of amides is 1. The summed E-state index contributed by atoms with van der Waals surface area (Å²) in [5.74, 6) is -0.892. The second-order valence-electron chi connectivity index (χ2n) is 5.08. The number of likely N-dealkylation sites (tertiary alicyclic amines) is 1. The number of aliphatic carboxylic acids is 1. The van der Waals surface area contributed by atoms with Crippen LogP contribution < -0.4 is 9.84 Å². The molecule has 1 saturated heterocycles. The fraction of sp³-hybridized carbons (Fsp3) is 0.467. The van der Waals surface area contributed by atoms with E-state index in [9.17, 15) is 14.7 Å². The summed E-state index contributed by atoms with van der Waals surface area (Å²) in [7, 11) is 0. The van der Waals surface area contributed by atoms with Crippen LogP contribution in [-0.2, 0) is 9.59 Å². The van der Waals surface area contributed by atoms with Crippen LogP contribution in [0.3, 0.4) is 0 Å². The highest BCUT2D eigenvalue weighted by Crippen LogP contribution is 2.17. The van der Waals surface area contributed by atoms with Gasteiger partial charge in [0.05, 0.1) is 0 Å². The first-order chi connectivity index (χ1) is 9.56. The first-order valence-corrected chi connectivity index (χ1v) is 6.74. The van der Waals surface area contributed by atoms with Gasteiger partial charge < -0.3 is 19.5 Å². The molecular formula is C15H18NO4-. The van der Waals surface area contributed by atoms with Gasteiger partial charge in [-0.15, -0.1) is 0 Å². The fourth-order valence-corrected chi connectivity index (χ4v) is 2.31. The Morgan fingerprint density at radius 2 is 2.05 bits per heavy atom. The number of hydrogen-bond acceptors (Lipinski definition) is 4.